The van der Waals surface area contributed by atoms with E-state index in [1.54, 1.807) is 24.3 Å². The smallest absolute Gasteiger partial charge is 0.266 e. The lowest BCUT2D eigenvalue weighted by molar-refractivity contribution is 0.572. The number of halogens is 2. The third-order valence-electron chi connectivity index (χ3n) is 3.17. The van der Waals surface area contributed by atoms with Crippen molar-refractivity contribution in [1.82, 2.24) is 9.55 Å². The van der Waals surface area contributed by atoms with Crippen LogP contribution in [0.15, 0.2) is 52.4 Å². The van der Waals surface area contributed by atoms with E-state index in [9.17, 15) is 13.6 Å². The zero-order valence-electron chi connectivity index (χ0n) is 11.7. The van der Waals surface area contributed by atoms with E-state index in [-0.39, 0.29) is 11.2 Å². The first-order valence-corrected chi connectivity index (χ1v) is 7.70. The minimum absolute atomic E-state index is 0.000558. The molecule has 0 aliphatic rings. The second-order valence-electron chi connectivity index (χ2n) is 4.58. The van der Waals surface area contributed by atoms with Gasteiger partial charge in [0.2, 0.25) is 0 Å². The predicted octanol–water partition coefficient (Wildman–Crippen LogP) is 3.78. The molecule has 0 amide bonds. The molecule has 3 nitrogen and oxygen atoms in total. The number of fused-ring (bicyclic) bond motifs is 1. The molecule has 0 saturated carbocycles. The molecule has 0 bridgehead atoms. The molecule has 0 aliphatic carbocycles. The molecule has 112 valence electrons. The summed E-state index contributed by atoms with van der Waals surface area (Å²) < 4.78 is 28.4. The molecule has 0 radical (unpaired) electrons. The Bertz CT molecular complexity index is 908. The summed E-state index contributed by atoms with van der Waals surface area (Å²) in [7, 11) is 0. The number of para-hydroxylation sites is 1. The lowest BCUT2D eigenvalue weighted by Crippen LogP contribution is -2.22. The fourth-order valence-corrected chi connectivity index (χ4v) is 2.94. The van der Waals surface area contributed by atoms with Crippen LogP contribution in [-0.4, -0.2) is 15.3 Å². The Hall–Kier alpha value is -2.21. The van der Waals surface area contributed by atoms with Crippen LogP contribution in [0.4, 0.5) is 8.78 Å². The fourth-order valence-electron chi connectivity index (χ4n) is 2.21. The number of hydrogen-bond donors (Lipinski definition) is 0. The van der Waals surface area contributed by atoms with Gasteiger partial charge in [-0.15, -0.1) is 0 Å². The maximum Gasteiger partial charge on any atom is 0.266 e. The molecule has 22 heavy (non-hydrogen) atoms. The second kappa shape index (κ2) is 5.88. The van der Waals surface area contributed by atoms with Crippen LogP contribution in [0.2, 0.25) is 0 Å². The van der Waals surface area contributed by atoms with Gasteiger partial charge in [0.25, 0.3) is 5.56 Å². The summed E-state index contributed by atoms with van der Waals surface area (Å²) in [5, 5.41) is 0.781. The molecule has 3 aromatic rings. The Labute approximate surface area is 129 Å². The molecule has 0 unspecified atom stereocenters. The highest BCUT2D eigenvalue weighted by molar-refractivity contribution is 7.99. The lowest BCUT2D eigenvalue weighted by Gasteiger charge is -2.13. The highest BCUT2D eigenvalue weighted by Gasteiger charge is 2.16. The van der Waals surface area contributed by atoms with E-state index in [4.69, 9.17) is 0 Å². The highest BCUT2D eigenvalue weighted by Crippen LogP contribution is 2.22. The molecular formula is C16H12F2N2OS. The van der Waals surface area contributed by atoms with Crippen LogP contribution in [0.25, 0.3) is 16.6 Å². The van der Waals surface area contributed by atoms with Gasteiger partial charge in [-0.2, -0.15) is 0 Å². The quantitative estimate of drug-likeness (QED) is 0.544. The molecule has 3 rings (SSSR count). The number of hydrogen-bond acceptors (Lipinski definition) is 3. The predicted molar refractivity (Wildman–Crippen MR) is 83.7 cm³/mol. The molecule has 0 atom stereocenters. The van der Waals surface area contributed by atoms with E-state index in [1.165, 1.54) is 22.4 Å². The van der Waals surface area contributed by atoms with E-state index in [0.29, 0.717) is 21.8 Å². The van der Waals surface area contributed by atoms with Crippen molar-refractivity contribution < 1.29 is 8.78 Å². The van der Waals surface area contributed by atoms with Crippen LogP contribution in [0, 0.1) is 11.6 Å². The van der Waals surface area contributed by atoms with E-state index in [2.05, 4.69) is 4.98 Å². The standard InChI is InChI=1S/C16H12F2N2OS/c1-2-22-16-19-13-6-4-3-5-11(13)15(21)20(16)14-8-7-10(17)9-12(14)18/h3-9H,2H2,1H3. The summed E-state index contributed by atoms with van der Waals surface area (Å²) in [5.41, 5.74) is 0.190. The molecule has 0 saturated heterocycles. The van der Waals surface area contributed by atoms with Crippen LogP contribution in [0.1, 0.15) is 6.92 Å². The topological polar surface area (TPSA) is 34.9 Å². The number of thioether (sulfide) groups is 1. The van der Waals surface area contributed by atoms with Gasteiger partial charge >= 0.3 is 0 Å². The summed E-state index contributed by atoms with van der Waals surface area (Å²) in [5.74, 6) is -0.807. The van der Waals surface area contributed by atoms with Crippen molar-refractivity contribution in [3.05, 3.63) is 64.5 Å². The zero-order valence-corrected chi connectivity index (χ0v) is 12.5. The van der Waals surface area contributed by atoms with Gasteiger partial charge in [-0.1, -0.05) is 30.8 Å². The van der Waals surface area contributed by atoms with Crippen LogP contribution in [-0.2, 0) is 0 Å². The minimum Gasteiger partial charge on any atom is -0.268 e. The van der Waals surface area contributed by atoms with Crippen molar-refractivity contribution in [2.45, 2.75) is 12.1 Å². The maximum absolute atomic E-state index is 14.1. The molecule has 0 aliphatic heterocycles. The van der Waals surface area contributed by atoms with E-state index < -0.39 is 11.6 Å². The van der Waals surface area contributed by atoms with Crippen molar-refractivity contribution in [3.8, 4) is 5.69 Å². The first kappa shape index (κ1) is 14.7. The van der Waals surface area contributed by atoms with Gasteiger partial charge < -0.3 is 0 Å². The summed E-state index contributed by atoms with van der Waals surface area (Å²) in [6.07, 6.45) is 0. The summed E-state index contributed by atoms with van der Waals surface area (Å²) in [6.45, 7) is 1.91. The van der Waals surface area contributed by atoms with Gasteiger partial charge in [-0.3, -0.25) is 9.36 Å². The van der Waals surface area contributed by atoms with Gasteiger partial charge in [0.1, 0.15) is 11.6 Å². The van der Waals surface area contributed by atoms with Gasteiger partial charge in [0.05, 0.1) is 16.6 Å². The number of nitrogens with zero attached hydrogens (tertiary/aromatic N) is 2. The van der Waals surface area contributed by atoms with Crippen molar-refractivity contribution in [3.63, 3.8) is 0 Å². The molecule has 1 heterocycles. The van der Waals surface area contributed by atoms with Crippen LogP contribution in [0.5, 0.6) is 0 Å². The van der Waals surface area contributed by atoms with Crippen LogP contribution >= 0.6 is 11.8 Å². The first-order valence-electron chi connectivity index (χ1n) is 6.72. The Morgan fingerprint density at radius 1 is 1.18 bits per heavy atom. The SMILES string of the molecule is CCSc1nc2ccccc2c(=O)n1-c1ccc(F)cc1F. The summed E-state index contributed by atoms with van der Waals surface area (Å²) in [6, 6.07) is 10.0. The normalized spacial score (nSPS) is 11.0. The maximum atomic E-state index is 14.1. The fraction of sp³-hybridized carbons (Fsp3) is 0.125. The van der Waals surface area contributed by atoms with Gasteiger partial charge in [-0.25, -0.2) is 13.8 Å². The van der Waals surface area contributed by atoms with E-state index in [1.807, 2.05) is 6.92 Å². The third-order valence-corrected chi connectivity index (χ3v) is 3.99. The minimum atomic E-state index is -0.794. The Morgan fingerprint density at radius 2 is 1.95 bits per heavy atom. The largest absolute Gasteiger partial charge is 0.268 e. The molecule has 6 heteroatoms. The monoisotopic (exact) mass is 318 g/mol. The van der Waals surface area contributed by atoms with E-state index in [0.717, 1.165) is 12.1 Å². The van der Waals surface area contributed by atoms with Crippen molar-refractivity contribution in [2.24, 2.45) is 0 Å². The first-order chi connectivity index (χ1) is 10.6. The molecule has 1 aromatic heterocycles. The third kappa shape index (κ3) is 2.50. The Balaban J connectivity index is 2.38. The van der Waals surface area contributed by atoms with Crippen molar-refractivity contribution in [1.29, 1.82) is 0 Å². The van der Waals surface area contributed by atoms with Gasteiger partial charge in [0.15, 0.2) is 5.16 Å². The number of rotatable bonds is 3. The average molecular weight is 318 g/mol. The number of benzene rings is 2. The zero-order chi connectivity index (χ0) is 15.7. The number of aromatic nitrogens is 2. The second-order valence-corrected chi connectivity index (χ2v) is 5.81. The van der Waals surface area contributed by atoms with Crippen LogP contribution in [0.3, 0.4) is 0 Å². The van der Waals surface area contributed by atoms with Crippen molar-refractivity contribution >= 4 is 22.7 Å². The summed E-state index contributed by atoms with van der Waals surface area (Å²) in [4.78, 5) is 17.1. The molecule has 2 aromatic carbocycles. The average Bonchev–Trinajstić information content (AvgIpc) is 2.49. The Morgan fingerprint density at radius 3 is 2.68 bits per heavy atom. The van der Waals surface area contributed by atoms with Gasteiger partial charge in [0, 0.05) is 6.07 Å². The van der Waals surface area contributed by atoms with E-state index >= 15 is 0 Å². The Kier molecular flexibility index (Phi) is 3.94. The van der Waals surface area contributed by atoms with Crippen molar-refractivity contribution in [2.75, 3.05) is 5.75 Å². The molecule has 0 N–H and O–H groups in total. The summed E-state index contributed by atoms with van der Waals surface area (Å²) >= 11 is 1.33. The molecule has 0 fully saturated rings. The highest BCUT2D eigenvalue weighted by atomic mass is 32.2. The van der Waals surface area contributed by atoms with Gasteiger partial charge in [-0.05, 0) is 30.0 Å². The molecular weight excluding hydrogens is 306 g/mol. The van der Waals surface area contributed by atoms with Crippen LogP contribution < -0.4 is 5.56 Å². The molecule has 0 spiro atoms. The lowest BCUT2D eigenvalue weighted by atomic mass is 10.2.